The molecule has 1 aromatic carbocycles. The molecule has 2 rings (SSSR count). The molecule has 0 aromatic heterocycles. The Kier molecular flexibility index (Phi) is 3.34. The lowest BCUT2D eigenvalue weighted by atomic mass is 10.1. The van der Waals surface area contributed by atoms with E-state index in [1.807, 2.05) is 36.4 Å². The molecule has 0 spiro atoms. The van der Waals surface area contributed by atoms with Crippen LogP contribution in [0.15, 0.2) is 48.6 Å². The van der Waals surface area contributed by atoms with Gasteiger partial charge in [-0.3, -0.25) is 4.79 Å². The molecule has 3 heteroatoms. The summed E-state index contributed by atoms with van der Waals surface area (Å²) in [5.41, 5.74) is 7.05. The number of carbonyl (C=O) groups is 1. The first kappa shape index (κ1) is 12.6. The predicted molar refractivity (Wildman–Crippen MR) is 71.7 cm³/mol. The van der Waals surface area contributed by atoms with E-state index in [2.05, 4.69) is 6.58 Å². The van der Waals surface area contributed by atoms with E-state index in [0.717, 1.165) is 11.1 Å². The van der Waals surface area contributed by atoms with Gasteiger partial charge in [-0.2, -0.15) is 0 Å². The van der Waals surface area contributed by atoms with Crippen LogP contribution >= 0.6 is 0 Å². The van der Waals surface area contributed by atoms with Crippen LogP contribution in [0.4, 0.5) is 0 Å². The van der Waals surface area contributed by atoms with Gasteiger partial charge >= 0.3 is 5.97 Å². The molecule has 0 radical (unpaired) electrons. The van der Waals surface area contributed by atoms with Crippen molar-refractivity contribution in [2.75, 3.05) is 6.61 Å². The van der Waals surface area contributed by atoms with Gasteiger partial charge in [-0.15, -0.1) is 6.58 Å². The summed E-state index contributed by atoms with van der Waals surface area (Å²) in [4.78, 5) is 12.0. The minimum atomic E-state index is -0.828. The molecule has 2 N–H and O–H groups in total. The van der Waals surface area contributed by atoms with Crippen molar-refractivity contribution < 1.29 is 9.53 Å². The van der Waals surface area contributed by atoms with Gasteiger partial charge in [-0.05, 0) is 18.1 Å². The maximum Gasteiger partial charge on any atom is 0.322 e. The topological polar surface area (TPSA) is 52.3 Å². The normalized spacial score (nSPS) is 27.9. The average molecular weight is 243 g/mol. The highest BCUT2D eigenvalue weighted by molar-refractivity contribution is 5.94. The van der Waals surface area contributed by atoms with Crippen molar-refractivity contribution in [3.63, 3.8) is 0 Å². The second-order valence-electron chi connectivity index (χ2n) is 4.28. The number of hydrogen-bond acceptors (Lipinski definition) is 3. The molecule has 1 aliphatic rings. The van der Waals surface area contributed by atoms with Crippen molar-refractivity contribution in [3.05, 3.63) is 54.1 Å². The Hall–Kier alpha value is -1.87. The number of esters is 1. The molecule has 1 aromatic rings. The van der Waals surface area contributed by atoms with Gasteiger partial charge in [0.15, 0.2) is 0 Å². The lowest BCUT2D eigenvalue weighted by Gasteiger charge is -2.08. The van der Waals surface area contributed by atoms with Gasteiger partial charge in [0, 0.05) is 0 Å². The quantitative estimate of drug-likeness (QED) is 0.651. The number of carbonyl (C=O) groups excluding carboxylic acids is 1. The Bertz CT molecular complexity index is 492. The lowest BCUT2D eigenvalue weighted by Crippen LogP contribution is -2.24. The summed E-state index contributed by atoms with van der Waals surface area (Å²) in [7, 11) is 0. The summed E-state index contributed by atoms with van der Waals surface area (Å²) in [5, 5.41) is 0. The highest BCUT2D eigenvalue weighted by Crippen LogP contribution is 2.53. The Labute approximate surface area is 107 Å². The van der Waals surface area contributed by atoms with E-state index in [1.54, 1.807) is 13.0 Å². The predicted octanol–water partition coefficient (Wildman–Crippen LogP) is 2.15. The van der Waals surface area contributed by atoms with Gasteiger partial charge in [0.25, 0.3) is 0 Å². The molecule has 94 valence electrons. The van der Waals surface area contributed by atoms with Crippen molar-refractivity contribution in [3.8, 4) is 0 Å². The van der Waals surface area contributed by atoms with Crippen LogP contribution < -0.4 is 5.73 Å². The fourth-order valence-electron chi connectivity index (χ4n) is 2.16. The van der Waals surface area contributed by atoms with Crippen molar-refractivity contribution >= 4 is 12.0 Å². The summed E-state index contributed by atoms with van der Waals surface area (Å²) in [6.45, 7) is 5.85. The van der Waals surface area contributed by atoms with Crippen LogP contribution in [0.5, 0.6) is 0 Å². The number of hydrogen-bond donors (Lipinski definition) is 1. The SMILES string of the molecule is C=C[C@@]1(C(=O)OCC)C(=Cc2ccccc2)C1N. The molecule has 18 heavy (non-hydrogen) atoms. The minimum Gasteiger partial charge on any atom is -0.465 e. The monoisotopic (exact) mass is 243 g/mol. The number of ether oxygens (including phenoxy) is 1. The minimum absolute atomic E-state index is 0.310. The fraction of sp³-hybridized carbons (Fsp3) is 0.267. The van der Waals surface area contributed by atoms with Gasteiger partial charge in [0.1, 0.15) is 5.41 Å². The van der Waals surface area contributed by atoms with Crippen molar-refractivity contribution in [2.24, 2.45) is 11.1 Å². The molecule has 0 amide bonds. The van der Waals surface area contributed by atoms with Crippen LogP contribution in [0.2, 0.25) is 0 Å². The van der Waals surface area contributed by atoms with E-state index in [0.29, 0.717) is 6.61 Å². The third-order valence-corrected chi connectivity index (χ3v) is 3.28. The first-order valence-corrected chi connectivity index (χ1v) is 6.00. The maximum absolute atomic E-state index is 12.0. The molecule has 1 unspecified atom stereocenters. The zero-order valence-corrected chi connectivity index (χ0v) is 10.4. The summed E-state index contributed by atoms with van der Waals surface area (Å²) in [6.07, 6.45) is 3.52. The molecular formula is C15H17NO2. The highest BCUT2D eigenvalue weighted by Gasteiger charge is 2.62. The van der Waals surface area contributed by atoms with E-state index < -0.39 is 5.41 Å². The number of nitrogens with two attached hydrogens (primary N) is 1. The maximum atomic E-state index is 12.0. The molecule has 0 aliphatic heterocycles. The van der Waals surface area contributed by atoms with E-state index in [-0.39, 0.29) is 12.0 Å². The second-order valence-corrected chi connectivity index (χ2v) is 4.28. The van der Waals surface area contributed by atoms with E-state index in [9.17, 15) is 4.79 Å². The van der Waals surface area contributed by atoms with Crippen molar-refractivity contribution in [1.82, 2.24) is 0 Å². The summed E-state index contributed by atoms with van der Waals surface area (Å²) in [5.74, 6) is -0.310. The van der Waals surface area contributed by atoms with E-state index in [1.165, 1.54) is 0 Å². The molecule has 1 aliphatic carbocycles. The third kappa shape index (κ3) is 1.87. The summed E-state index contributed by atoms with van der Waals surface area (Å²) in [6, 6.07) is 9.45. The average Bonchev–Trinajstić information content (AvgIpc) is 2.96. The fourth-order valence-corrected chi connectivity index (χ4v) is 2.16. The lowest BCUT2D eigenvalue weighted by molar-refractivity contribution is -0.147. The van der Waals surface area contributed by atoms with Gasteiger partial charge in [-0.1, -0.05) is 42.5 Å². The molecule has 2 atom stereocenters. The van der Waals surface area contributed by atoms with Crippen LogP contribution in [-0.4, -0.2) is 18.6 Å². The Morgan fingerprint density at radius 2 is 2.17 bits per heavy atom. The molecule has 0 saturated heterocycles. The Balaban J connectivity index is 2.29. The first-order valence-electron chi connectivity index (χ1n) is 6.00. The molecular weight excluding hydrogens is 226 g/mol. The van der Waals surface area contributed by atoms with Crippen LogP contribution in [0.3, 0.4) is 0 Å². The van der Waals surface area contributed by atoms with Crippen LogP contribution in [0.25, 0.3) is 6.08 Å². The van der Waals surface area contributed by atoms with Crippen LogP contribution in [0, 0.1) is 5.41 Å². The second kappa shape index (κ2) is 4.78. The van der Waals surface area contributed by atoms with Gasteiger partial charge in [0.2, 0.25) is 0 Å². The molecule has 1 fully saturated rings. The zero-order valence-electron chi connectivity index (χ0n) is 10.4. The number of benzene rings is 1. The Morgan fingerprint density at radius 1 is 1.50 bits per heavy atom. The first-order chi connectivity index (χ1) is 8.66. The molecule has 0 bridgehead atoms. The highest BCUT2D eigenvalue weighted by atomic mass is 16.5. The van der Waals surface area contributed by atoms with Crippen LogP contribution in [-0.2, 0) is 9.53 Å². The van der Waals surface area contributed by atoms with Gasteiger partial charge < -0.3 is 10.5 Å². The van der Waals surface area contributed by atoms with E-state index >= 15 is 0 Å². The van der Waals surface area contributed by atoms with Gasteiger partial charge in [0.05, 0.1) is 12.6 Å². The Morgan fingerprint density at radius 3 is 2.72 bits per heavy atom. The number of rotatable bonds is 4. The van der Waals surface area contributed by atoms with Gasteiger partial charge in [-0.25, -0.2) is 0 Å². The molecule has 1 saturated carbocycles. The molecule has 0 heterocycles. The van der Waals surface area contributed by atoms with Crippen molar-refractivity contribution in [2.45, 2.75) is 13.0 Å². The smallest absolute Gasteiger partial charge is 0.322 e. The molecule has 3 nitrogen and oxygen atoms in total. The largest absolute Gasteiger partial charge is 0.465 e. The third-order valence-electron chi connectivity index (χ3n) is 3.28. The van der Waals surface area contributed by atoms with E-state index in [4.69, 9.17) is 10.5 Å². The summed E-state index contributed by atoms with van der Waals surface area (Å²) >= 11 is 0. The summed E-state index contributed by atoms with van der Waals surface area (Å²) < 4.78 is 5.07. The van der Waals surface area contributed by atoms with Crippen molar-refractivity contribution in [1.29, 1.82) is 0 Å². The standard InChI is InChI=1S/C15H17NO2/c1-3-15(14(17)18-4-2)12(13(15)16)10-11-8-6-5-7-9-11/h3,5-10,13H,1,4,16H2,2H3/t13?,15-/m1/s1. The zero-order chi connectivity index (χ0) is 13.2. The van der Waals surface area contributed by atoms with Crippen LogP contribution in [0.1, 0.15) is 12.5 Å².